The summed E-state index contributed by atoms with van der Waals surface area (Å²) in [6.07, 6.45) is 2.45. The van der Waals surface area contributed by atoms with Crippen LogP contribution in [0.1, 0.15) is 24.8 Å². The molecule has 1 atom stereocenters. The second-order valence-corrected chi connectivity index (χ2v) is 6.14. The molecule has 1 unspecified atom stereocenters. The standard InChI is InChI=1S/C17H19FN2O3/c18-14-5-3-12(4-6-14)9-13-10-15(21)20(17(13)23)11-16(22)19-7-1-2-8-19/h3-6,13H,1-2,7-11H2. The summed E-state index contributed by atoms with van der Waals surface area (Å²) in [7, 11) is 0. The molecule has 5 nitrogen and oxygen atoms in total. The second kappa shape index (κ2) is 6.48. The number of rotatable bonds is 4. The van der Waals surface area contributed by atoms with E-state index in [2.05, 4.69) is 0 Å². The van der Waals surface area contributed by atoms with Crippen LogP contribution in [-0.2, 0) is 20.8 Å². The van der Waals surface area contributed by atoms with Gasteiger partial charge >= 0.3 is 0 Å². The number of hydrogen-bond acceptors (Lipinski definition) is 3. The predicted molar refractivity (Wildman–Crippen MR) is 80.7 cm³/mol. The molecule has 0 N–H and O–H groups in total. The van der Waals surface area contributed by atoms with Crippen LogP contribution in [0.5, 0.6) is 0 Å². The minimum atomic E-state index is -0.459. The van der Waals surface area contributed by atoms with Crippen LogP contribution in [0.3, 0.4) is 0 Å². The maximum atomic E-state index is 12.9. The Bertz CT molecular complexity index is 623. The molecular formula is C17H19FN2O3. The van der Waals surface area contributed by atoms with E-state index >= 15 is 0 Å². The number of likely N-dealkylation sites (tertiary alicyclic amines) is 2. The highest BCUT2D eigenvalue weighted by atomic mass is 19.1. The lowest BCUT2D eigenvalue weighted by atomic mass is 9.98. The summed E-state index contributed by atoms with van der Waals surface area (Å²) in [5.74, 6) is -1.55. The van der Waals surface area contributed by atoms with Crippen molar-refractivity contribution in [3.8, 4) is 0 Å². The Kier molecular flexibility index (Phi) is 4.41. The van der Waals surface area contributed by atoms with Crippen LogP contribution in [0.2, 0.25) is 0 Å². The number of imide groups is 1. The average molecular weight is 318 g/mol. The summed E-state index contributed by atoms with van der Waals surface area (Å²) in [5, 5.41) is 0. The molecule has 3 rings (SSSR count). The third-order valence-electron chi connectivity index (χ3n) is 4.48. The number of halogens is 1. The van der Waals surface area contributed by atoms with Gasteiger partial charge in [-0.2, -0.15) is 0 Å². The van der Waals surface area contributed by atoms with Crippen LogP contribution < -0.4 is 0 Å². The molecule has 0 radical (unpaired) electrons. The van der Waals surface area contributed by atoms with E-state index in [1.54, 1.807) is 17.0 Å². The Labute approximate surface area is 134 Å². The number of carbonyl (C=O) groups is 3. The SMILES string of the molecule is O=C(CN1C(=O)CC(Cc2ccc(F)cc2)C1=O)N1CCCC1. The molecule has 0 saturated carbocycles. The molecule has 0 aromatic heterocycles. The van der Waals surface area contributed by atoms with Gasteiger partial charge < -0.3 is 4.90 Å². The fourth-order valence-electron chi connectivity index (χ4n) is 3.18. The molecule has 1 aromatic carbocycles. The maximum absolute atomic E-state index is 12.9. The van der Waals surface area contributed by atoms with Crippen molar-refractivity contribution in [2.75, 3.05) is 19.6 Å². The molecule has 23 heavy (non-hydrogen) atoms. The second-order valence-electron chi connectivity index (χ2n) is 6.14. The number of amides is 3. The zero-order valence-corrected chi connectivity index (χ0v) is 12.8. The first-order valence-electron chi connectivity index (χ1n) is 7.91. The van der Waals surface area contributed by atoms with Crippen molar-refractivity contribution in [2.24, 2.45) is 5.92 Å². The van der Waals surface area contributed by atoms with Crippen molar-refractivity contribution in [3.63, 3.8) is 0 Å². The van der Waals surface area contributed by atoms with Gasteiger partial charge in [0.2, 0.25) is 17.7 Å². The van der Waals surface area contributed by atoms with Crippen LogP contribution in [0, 0.1) is 11.7 Å². The lowest BCUT2D eigenvalue weighted by Gasteiger charge is -2.20. The van der Waals surface area contributed by atoms with Crippen molar-refractivity contribution in [3.05, 3.63) is 35.6 Å². The van der Waals surface area contributed by atoms with Gasteiger partial charge in [0, 0.05) is 19.5 Å². The van der Waals surface area contributed by atoms with Gasteiger partial charge in [0.25, 0.3) is 0 Å². The Morgan fingerprint density at radius 1 is 1.13 bits per heavy atom. The van der Waals surface area contributed by atoms with E-state index in [-0.39, 0.29) is 36.5 Å². The lowest BCUT2D eigenvalue weighted by Crippen LogP contribution is -2.42. The van der Waals surface area contributed by atoms with Crippen molar-refractivity contribution in [2.45, 2.75) is 25.7 Å². The summed E-state index contributed by atoms with van der Waals surface area (Å²) < 4.78 is 12.9. The molecule has 2 fully saturated rings. The van der Waals surface area contributed by atoms with E-state index in [1.807, 2.05) is 0 Å². The molecule has 2 aliphatic heterocycles. The van der Waals surface area contributed by atoms with Crippen LogP contribution in [0.15, 0.2) is 24.3 Å². The molecule has 6 heteroatoms. The minimum absolute atomic E-state index is 0.115. The number of hydrogen-bond donors (Lipinski definition) is 0. The third kappa shape index (κ3) is 3.41. The topological polar surface area (TPSA) is 57.7 Å². The normalized spacial score (nSPS) is 21.3. The first kappa shape index (κ1) is 15.6. The molecule has 2 saturated heterocycles. The van der Waals surface area contributed by atoms with Crippen molar-refractivity contribution in [1.82, 2.24) is 9.80 Å². The summed E-state index contributed by atoms with van der Waals surface area (Å²) in [6.45, 7) is 1.25. The first-order chi connectivity index (χ1) is 11.0. The molecule has 2 aliphatic rings. The van der Waals surface area contributed by atoms with Gasteiger partial charge in [-0.3, -0.25) is 19.3 Å². The molecule has 0 aliphatic carbocycles. The summed E-state index contributed by atoms with van der Waals surface area (Å²) in [5.41, 5.74) is 0.810. The summed E-state index contributed by atoms with van der Waals surface area (Å²) in [4.78, 5) is 39.4. The Morgan fingerprint density at radius 3 is 2.43 bits per heavy atom. The highest BCUT2D eigenvalue weighted by Crippen LogP contribution is 2.24. The molecule has 0 spiro atoms. The fraction of sp³-hybridized carbons (Fsp3) is 0.471. The van der Waals surface area contributed by atoms with Gasteiger partial charge in [-0.1, -0.05) is 12.1 Å². The highest BCUT2D eigenvalue weighted by molar-refractivity contribution is 6.06. The number of benzene rings is 1. The molecule has 3 amide bonds. The van der Waals surface area contributed by atoms with Crippen LogP contribution in [-0.4, -0.2) is 47.2 Å². The summed E-state index contributed by atoms with van der Waals surface area (Å²) in [6, 6.07) is 5.91. The van der Waals surface area contributed by atoms with Crippen LogP contribution in [0.25, 0.3) is 0 Å². The van der Waals surface area contributed by atoms with E-state index < -0.39 is 5.92 Å². The first-order valence-corrected chi connectivity index (χ1v) is 7.91. The largest absolute Gasteiger partial charge is 0.341 e. The minimum Gasteiger partial charge on any atom is -0.341 e. The van der Waals surface area contributed by atoms with Gasteiger partial charge in [0.05, 0.1) is 5.92 Å². The zero-order chi connectivity index (χ0) is 16.4. The van der Waals surface area contributed by atoms with Gasteiger partial charge in [-0.15, -0.1) is 0 Å². The maximum Gasteiger partial charge on any atom is 0.242 e. The zero-order valence-electron chi connectivity index (χ0n) is 12.8. The monoisotopic (exact) mass is 318 g/mol. The molecule has 122 valence electrons. The highest BCUT2D eigenvalue weighted by Gasteiger charge is 2.40. The predicted octanol–water partition coefficient (Wildman–Crippen LogP) is 1.37. The Hall–Kier alpha value is -2.24. The van der Waals surface area contributed by atoms with Crippen LogP contribution >= 0.6 is 0 Å². The van der Waals surface area contributed by atoms with Crippen molar-refractivity contribution >= 4 is 17.7 Å². The molecule has 0 bridgehead atoms. The van der Waals surface area contributed by atoms with Gasteiger partial charge in [-0.25, -0.2) is 4.39 Å². The smallest absolute Gasteiger partial charge is 0.242 e. The van der Waals surface area contributed by atoms with E-state index in [9.17, 15) is 18.8 Å². The Balaban J connectivity index is 1.62. The van der Waals surface area contributed by atoms with Gasteiger partial charge in [0.1, 0.15) is 12.4 Å². The number of carbonyl (C=O) groups excluding carboxylic acids is 3. The van der Waals surface area contributed by atoms with Gasteiger partial charge in [-0.05, 0) is 37.0 Å². The Morgan fingerprint density at radius 2 is 1.78 bits per heavy atom. The molecule has 1 aromatic rings. The average Bonchev–Trinajstić information content (AvgIpc) is 3.14. The van der Waals surface area contributed by atoms with Crippen molar-refractivity contribution < 1.29 is 18.8 Å². The van der Waals surface area contributed by atoms with E-state index in [0.717, 1.165) is 23.3 Å². The van der Waals surface area contributed by atoms with Crippen LogP contribution in [0.4, 0.5) is 4.39 Å². The lowest BCUT2D eigenvalue weighted by molar-refractivity contribution is -0.145. The van der Waals surface area contributed by atoms with E-state index in [1.165, 1.54) is 12.1 Å². The molecule has 2 heterocycles. The van der Waals surface area contributed by atoms with E-state index in [0.29, 0.717) is 19.5 Å². The quantitative estimate of drug-likeness (QED) is 0.788. The van der Waals surface area contributed by atoms with Gasteiger partial charge in [0.15, 0.2) is 0 Å². The van der Waals surface area contributed by atoms with Crippen molar-refractivity contribution in [1.29, 1.82) is 0 Å². The van der Waals surface area contributed by atoms with E-state index in [4.69, 9.17) is 0 Å². The third-order valence-corrected chi connectivity index (χ3v) is 4.48. The summed E-state index contributed by atoms with van der Waals surface area (Å²) >= 11 is 0. The fourth-order valence-corrected chi connectivity index (χ4v) is 3.18. The molecular weight excluding hydrogens is 299 g/mol. The number of nitrogens with zero attached hydrogens (tertiary/aromatic N) is 2.